The minimum Gasteiger partial charge on any atom is -0.172 e. The van der Waals surface area contributed by atoms with Crippen molar-refractivity contribution < 1.29 is 0 Å². The summed E-state index contributed by atoms with van der Waals surface area (Å²) >= 11 is 20.0. The van der Waals surface area contributed by atoms with Crippen LogP contribution in [0, 0.1) is 13.8 Å². The van der Waals surface area contributed by atoms with Crippen LogP contribution in [0.2, 0.25) is 0 Å². The Labute approximate surface area is 245 Å². The van der Waals surface area contributed by atoms with Gasteiger partial charge < -0.3 is 0 Å². The molecule has 6 aromatic rings. The maximum Gasteiger partial charge on any atom is 0.120 e. The van der Waals surface area contributed by atoms with Crippen molar-refractivity contribution in [3.05, 3.63) is 64.0 Å². The summed E-state index contributed by atoms with van der Waals surface area (Å²) in [5.74, 6) is 0. The van der Waals surface area contributed by atoms with E-state index in [2.05, 4.69) is 119 Å². The molecule has 172 valence electrons. The molecular weight excluding hydrogens is 768 g/mol. The summed E-state index contributed by atoms with van der Waals surface area (Å²) in [7, 11) is 0. The van der Waals surface area contributed by atoms with Gasteiger partial charge in [0.1, 0.15) is 22.1 Å². The predicted octanol–water partition coefficient (Wildman–Crippen LogP) is 10.5. The van der Waals surface area contributed by atoms with Crippen LogP contribution < -0.4 is 0 Å². The van der Waals surface area contributed by atoms with Gasteiger partial charge in [0.2, 0.25) is 0 Å². The molecule has 12 heteroatoms. The molecule has 0 atom stereocenters. The lowest BCUT2D eigenvalue weighted by atomic mass is 10.1. The van der Waals surface area contributed by atoms with E-state index in [1.807, 2.05) is 12.1 Å². The van der Waals surface area contributed by atoms with Gasteiger partial charge in [0.25, 0.3) is 0 Å². The largest absolute Gasteiger partial charge is 0.172 e. The summed E-state index contributed by atoms with van der Waals surface area (Å²) in [4.78, 5) is 2.45. The van der Waals surface area contributed by atoms with Gasteiger partial charge in [-0.2, -0.15) is 17.5 Å². The first-order valence-electron chi connectivity index (χ1n) is 9.67. The zero-order valence-corrected chi connectivity index (χ0v) is 27.0. The molecule has 2 aromatic carbocycles. The first-order chi connectivity index (χ1) is 16.3. The molecule has 0 N–H and O–H groups in total. The fraction of sp³-hybridized carbons (Fsp3) is 0.0909. The van der Waals surface area contributed by atoms with Crippen LogP contribution in [0.3, 0.4) is 0 Å². The summed E-state index contributed by atoms with van der Waals surface area (Å²) < 4.78 is 21.7. The molecule has 34 heavy (non-hydrogen) atoms. The number of benzene rings is 2. The molecule has 0 bridgehead atoms. The van der Waals surface area contributed by atoms with Crippen LogP contribution in [-0.2, 0) is 0 Å². The number of aromatic nitrogens is 4. The van der Waals surface area contributed by atoms with Crippen LogP contribution in [0.25, 0.3) is 42.9 Å². The van der Waals surface area contributed by atoms with Crippen LogP contribution in [0.5, 0.6) is 0 Å². The average Bonchev–Trinajstić information content (AvgIpc) is 3.60. The van der Waals surface area contributed by atoms with Crippen molar-refractivity contribution in [3.63, 3.8) is 0 Å². The standard InChI is InChI=1S/C16H10Br2N2S3.C6H2Br2N2S/c1-7-5-11(21-15(7)17)9-3-4-10(14-13(9)19-23-20-14)12-6-8(2)16(18)22-12;7-3-1-2-4(8)6-5(3)9-11-10-6/h3-6H,1-2H3;1-2H. The lowest BCUT2D eigenvalue weighted by Gasteiger charge is -2.03. The van der Waals surface area contributed by atoms with Gasteiger partial charge in [-0.15, -0.1) is 22.7 Å². The van der Waals surface area contributed by atoms with Crippen molar-refractivity contribution in [2.45, 2.75) is 13.8 Å². The van der Waals surface area contributed by atoms with E-state index in [4.69, 9.17) is 0 Å². The molecule has 0 fully saturated rings. The number of fused-ring (bicyclic) bond motifs is 2. The Morgan fingerprint density at radius 2 is 0.941 bits per heavy atom. The quantitative estimate of drug-likeness (QED) is 0.176. The third-order valence-corrected chi connectivity index (χ3v) is 11.7. The lowest BCUT2D eigenvalue weighted by molar-refractivity contribution is 1.52. The van der Waals surface area contributed by atoms with Crippen molar-refractivity contribution in [3.8, 4) is 20.9 Å². The highest BCUT2D eigenvalue weighted by Gasteiger charge is 2.17. The monoisotopic (exact) mass is 776 g/mol. The zero-order valence-electron chi connectivity index (χ0n) is 17.4. The Morgan fingerprint density at radius 3 is 1.29 bits per heavy atom. The van der Waals surface area contributed by atoms with Crippen LogP contribution in [0.4, 0.5) is 0 Å². The Morgan fingerprint density at radius 1 is 0.559 bits per heavy atom. The van der Waals surface area contributed by atoms with E-state index >= 15 is 0 Å². The van der Waals surface area contributed by atoms with Gasteiger partial charge >= 0.3 is 0 Å². The second-order valence-electron chi connectivity index (χ2n) is 7.25. The fourth-order valence-corrected chi connectivity index (χ4v) is 8.58. The Hall–Kier alpha value is -0.600. The van der Waals surface area contributed by atoms with Gasteiger partial charge in [0.05, 0.1) is 31.0 Å². The van der Waals surface area contributed by atoms with E-state index in [0.29, 0.717) is 0 Å². The molecule has 0 aliphatic heterocycles. The van der Waals surface area contributed by atoms with Crippen LogP contribution in [0.15, 0.2) is 52.9 Å². The summed E-state index contributed by atoms with van der Waals surface area (Å²) in [6.07, 6.45) is 0. The minimum absolute atomic E-state index is 0.921. The molecule has 0 saturated carbocycles. The van der Waals surface area contributed by atoms with Gasteiger partial charge in [-0.1, -0.05) is 12.1 Å². The SMILES string of the molecule is Brc1ccc(Br)c2nsnc12.Cc1cc(-c2ccc(-c3cc(C)c(Br)s3)c3nsnc23)sc1Br. The highest BCUT2D eigenvalue weighted by Crippen LogP contribution is 2.42. The molecule has 4 heterocycles. The Bertz CT molecular complexity index is 1490. The molecule has 0 aliphatic carbocycles. The molecule has 6 rings (SSSR count). The minimum atomic E-state index is 0.921. The number of aryl methyl sites for hydroxylation is 2. The topological polar surface area (TPSA) is 51.6 Å². The Balaban J connectivity index is 0.000000183. The van der Waals surface area contributed by atoms with Crippen LogP contribution in [0.1, 0.15) is 11.1 Å². The number of thiophene rings is 2. The van der Waals surface area contributed by atoms with Gasteiger partial charge in [-0.3, -0.25) is 0 Å². The smallest absolute Gasteiger partial charge is 0.120 e. The summed E-state index contributed by atoms with van der Waals surface area (Å²) in [6.45, 7) is 4.22. The average molecular weight is 780 g/mol. The molecular formula is C22H12Br4N4S4. The number of rotatable bonds is 2. The molecule has 0 radical (unpaired) electrons. The maximum atomic E-state index is 4.56. The third-order valence-electron chi connectivity index (χ3n) is 4.98. The molecule has 0 unspecified atom stereocenters. The number of hydrogen-bond acceptors (Lipinski definition) is 8. The molecule has 0 amide bonds. The van der Waals surface area contributed by atoms with Gasteiger partial charge in [0.15, 0.2) is 0 Å². The molecule has 0 aliphatic rings. The fourth-order valence-electron chi connectivity index (χ4n) is 3.26. The highest BCUT2D eigenvalue weighted by atomic mass is 79.9. The molecule has 4 aromatic heterocycles. The van der Waals surface area contributed by atoms with E-state index in [9.17, 15) is 0 Å². The van der Waals surface area contributed by atoms with Gasteiger partial charge in [-0.05, 0) is 113 Å². The summed E-state index contributed by atoms with van der Waals surface area (Å²) in [5, 5.41) is 0. The van der Waals surface area contributed by atoms with Crippen molar-refractivity contribution in [2.75, 3.05) is 0 Å². The third kappa shape index (κ3) is 4.84. The van der Waals surface area contributed by atoms with Crippen LogP contribution >= 0.6 is 110 Å². The van der Waals surface area contributed by atoms with Gasteiger partial charge in [0, 0.05) is 29.8 Å². The zero-order chi connectivity index (χ0) is 24.0. The predicted molar refractivity (Wildman–Crippen MR) is 162 cm³/mol. The second kappa shape index (κ2) is 10.4. The van der Waals surface area contributed by atoms with Crippen molar-refractivity contribution in [2.24, 2.45) is 0 Å². The van der Waals surface area contributed by atoms with Gasteiger partial charge in [-0.25, -0.2) is 0 Å². The normalized spacial score (nSPS) is 11.2. The van der Waals surface area contributed by atoms with Crippen LogP contribution in [-0.4, -0.2) is 17.5 Å². The van der Waals surface area contributed by atoms with E-state index in [0.717, 1.165) is 42.1 Å². The summed E-state index contributed by atoms with van der Waals surface area (Å²) in [6, 6.07) is 12.6. The van der Waals surface area contributed by atoms with E-state index in [1.54, 1.807) is 22.7 Å². The second-order valence-corrected chi connectivity index (χ2v) is 14.8. The first kappa shape index (κ1) is 25.1. The number of halogens is 4. The first-order valence-corrected chi connectivity index (χ1v) is 15.9. The Kier molecular flexibility index (Phi) is 7.67. The number of nitrogens with zero attached hydrogens (tertiary/aromatic N) is 4. The number of hydrogen-bond donors (Lipinski definition) is 0. The van der Waals surface area contributed by atoms with Crippen molar-refractivity contribution in [1.82, 2.24) is 17.5 Å². The molecule has 4 nitrogen and oxygen atoms in total. The van der Waals surface area contributed by atoms with E-state index < -0.39 is 0 Å². The molecule has 0 spiro atoms. The molecule has 0 saturated heterocycles. The highest BCUT2D eigenvalue weighted by molar-refractivity contribution is 9.11. The van der Waals surface area contributed by atoms with E-state index in [1.165, 1.54) is 51.9 Å². The van der Waals surface area contributed by atoms with E-state index in [-0.39, 0.29) is 0 Å². The summed E-state index contributed by atoms with van der Waals surface area (Å²) in [5.41, 5.74) is 8.64. The maximum absolute atomic E-state index is 4.56. The van der Waals surface area contributed by atoms with Crippen molar-refractivity contribution in [1.29, 1.82) is 0 Å². The lowest BCUT2D eigenvalue weighted by Crippen LogP contribution is -1.82. The van der Waals surface area contributed by atoms with Crippen molar-refractivity contribution >= 4 is 132 Å².